The summed E-state index contributed by atoms with van der Waals surface area (Å²) in [6, 6.07) is 14.9. The summed E-state index contributed by atoms with van der Waals surface area (Å²) in [5.74, 6) is -1.000. The molecule has 3 aromatic carbocycles. The van der Waals surface area contributed by atoms with Crippen LogP contribution in [0.2, 0.25) is 15.1 Å². The number of hydrogen-bond donors (Lipinski definition) is 2. The van der Waals surface area contributed by atoms with Crippen molar-refractivity contribution in [2.75, 3.05) is 5.32 Å². The largest absolute Gasteiger partial charge is 0.481 e. The van der Waals surface area contributed by atoms with E-state index in [1.54, 1.807) is 60.7 Å². The fourth-order valence-electron chi connectivity index (χ4n) is 3.13. The van der Waals surface area contributed by atoms with E-state index < -0.39 is 5.97 Å². The Morgan fingerprint density at radius 2 is 1.82 bits per heavy atom. The van der Waals surface area contributed by atoms with E-state index in [2.05, 4.69) is 10.3 Å². The van der Waals surface area contributed by atoms with Gasteiger partial charge in [0.25, 0.3) is 0 Å². The fraction of sp³-hybridized carbons (Fsp3) is 0.0417. The highest BCUT2D eigenvalue weighted by Gasteiger charge is 2.14. The second-order valence-corrected chi connectivity index (χ2v) is 8.33. The Morgan fingerprint density at radius 3 is 2.55 bits per heavy atom. The molecule has 1 aromatic heterocycles. The van der Waals surface area contributed by atoms with Gasteiger partial charge in [-0.2, -0.15) is 0 Å². The first-order chi connectivity index (χ1) is 15.8. The minimum atomic E-state index is -0.926. The van der Waals surface area contributed by atoms with Crippen LogP contribution in [0.15, 0.2) is 65.1 Å². The lowest BCUT2D eigenvalue weighted by atomic mass is 10.1. The lowest BCUT2D eigenvalue weighted by Gasteiger charge is -2.05. The molecule has 0 saturated carbocycles. The number of anilines is 1. The van der Waals surface area contributed by atoms with Crippen LogP contribution in [-0.2, 0) is 16.0 Å². The molecular formula is C24H15Cl3N2O4. The predicted molar refractivity (Wildman–Crippen MR) is 130 cm³/mol. The first-order valence-electron chi connectivity index (χ1n) is 9.64. The highest BCUT2D eigenvalue weighted by molar-refractivity contribution is 6.35. The lowest BCUT2D eigenvalue weighted by molar-refractivity contribution is -0.136. The highest BCUT2D eigenvalue weighted by atomic mass is 35.5. The molecule has 0 aliphatic heterocycles. The Balaban J connectivity index is 1.50. The molecule has 0 saturated heterocycles. The number of amides is 1. The predicted octanol–water partition coefficient (Wildman–Crippen LogP) is 6.73. The molecule has 0 radical (unpaired) electrons. The van der Waals surface area contributed by atoms with Crippen LogP contribution in [0.1, 0.15) is 11.1 Å². The third kappa shape index (κ3) is 5.54. The standard InChI is InChI=1S/C24H15Cl3N2O4/c25-15-4-2-14(18(26)11-15)3-8-22(30)28-16-5-6-17(19(27)12-16)24-29-20-9-13(10-23(31)32)1-7-21(20)33-24/h1-9,11-12H,10H2,(H,28,30)(H,31,32)/b8-3+. The number of rotatable bonds is 6. The number of carboxylic acids is 1. The molecule has 0 atom stereocenters. The lowest BCUT2D eigenvalue weighted by Crippen LogP contribution is -2.07. The summed E-state index contributed by atoms with van der Waals surface area (Å²) in [4.78, 5) is 27.6. The molecule has 6 nitrogen and oxygen atoms in total. The zero-order valence-corrected chi connectivity index (χ0v) is 19.1. The van der Waals surface area contributed by atoms with Crippen molar-refractivity contribution in [1.29, 1.82) is 0 Å². The van der Waals surface area contributed by atoms with E-state index in [0.717, 1.165) is 0 Å². The number of carbonyl (C=O) groups excluding carboxylic acids is 1. The van der Waals surface area contributed by atoms with Crippen LogP contribution >= 0.6 is 34.8 Å². The highest BCUT2D eigenvalue weighted by Crippen LogP contribution is 2.32. The van der Waals surface area contributed by atoms with Gasteiger partial charge < -0.3 is 14.8 Å². The van der Waals surface area contributed by atoms with Crippen LogP contribution in [0.3, 0.4) is 0 Å². The number of nitrogens with one attached hydrogen (secondary N) is 1. The maximum Gasteiger partial charge on any atom is 0.307 e. The van der Waals surface area contributed by atoms with Crippen molar-refractivity contribution in [1.82, 2.24) is 4.98 Å². The third-order valence-electron chi connectivity index (χ3n) is 4.65. The molecule has 0 unspecified atom stereocenters. The first kappa shape index (κ1) is 22.9. The van der Waals surface area contributed by atoms with Gasteiger partial charge in [-0.3, -0.25) is 9.59 Å². The van der Waals surface area contributed by atoms with E-state index in [1.165, 1.54) is 6.08 Å². The SMILES string of the molecule is O=C(O)Cc1ccc2oc(-c3ccc(NC(=O)/C=C/c4ccc(Cl)cc4Cl)cc3Cl)nc2c1. The van der Waals surface area contributed by atoms with Crippen molar-refractivity contribution in [3.05, 3.63) is 86.9 Å². The van der Waals surface area contributed by atoms with E-state index in [0.29, 0.717) is 48.5 Å². The second kappa shape index (κ2) is 9.67. The van der Waals surface area contributed by atoms with E-state index in [4.69, 9.17) is 44.3 Å². The van der Waals surface area contributed by atoms with Gasteiger partial charge in [0.05, 0.1) is 17.0 Å². The molecule has 0 bridgehead atoms. The molecule has 0 aliphatic rings. The minimum absolute atomic E-state index is 0.105. The molecule has 33 heavy (non-hydrogen) atoms. The number of benzene rings is 3. The van der Waals surface area contributed by atoms with Gasteiger partial charge in [0.2, 0.25) is 11.8 Å². The summed E-state index contributed by atoms with van der Waals surface area (Å²) in [5.41, 5.74) is 3.34. The second-order valence-electron chi connectivity index (χ2n) is 7.07. The molecular weight excluding hydrogens is 487 g/mol. The number of carbonyl (C=O) groups is 2. The van der Waals surface area contributed by atoms with Crippen LogP contribution in [-0.4, -0.2) is 22.0 Å². The van der Waals surface area contributed by atoms with Gasteiger partial charge in [-0.05, 0) is 59.7 Å². The number of hydrogen-bond acceptors (Lipinski definition) is 4. The van der Waals surface area contributed by atoms with E-state index in [1.807, 2.05) is 0 Å². The zero-order valence-electron chi connectivity index (χ0n) is 16.8. The third-order valence-corrected chi connectivity index (χ3v) is 5.53. The smallest absolute Gasteiger partial charge is 0.307 e. The van der Waals surface area contributed by atoms with Crippen LogP contribution in [0.5, 0.6) is 0 Å². The number of oxazole rings is 1. The Bertz CT molecular complexity index is 1410. The monoisotopic (exact) mass is 500 g/mol. The van der Waals surface area contributed by atoms with Gasteiger partial charge in [0.1, 0.15) is 5.52 Å². The van der Waals surface area contributed by atoms with Crippen LogP contribution in [0.25, 0.3) is 28.6 Å². The molecule has 0 spiro atoms. The topological polar surface area (TPSA) is 92.4 Å². The molecule has 0 fully saturated rings. The Hall–Kier alpha value is -3.32. The molecule has 0 aliphatic carbocycles. The van der Waals surface area contributed by atoms with Gasteiger partial charge in [0, 0.05) is 21.8 Å². The zero-order chi connectivity index (χ0) is 23.5. The molecule has 1 amide bonds. The maximum atomic E-state index is 12.3. The van der Waals surface area contributed by atoms with Crippen molar-refractivity contribution >= 4 is 69.5 Å². The van der Waals surface area contributed by atoms with Crippen molar-refractivity contribution in [3.63, 3.8) is 0 Å². The summed E-state index contributed by atoms with van der Waals surface area (Å²) in [6.07, 6.45) is 2.83. The average molecular weight is 502 g/mol. The summed E-state index contributed by atoms with van der Waals surface area (Å²) in [7, 11) is 0. The maximum absolute atomic E-state index is 12.3. The van der Waals surface area contributed by atoms with E-state index in [-0.39, 0.29) is 18.2 Å². The normalized spacial score (nSPS) is 11.2. The minimum Gasteiger partial charge on any atom is -0.481 e. The quantitative estimate of drug-likeness (QED) is 0.286. The number of halogens is 3. The summed E-state index contributed by atoms with van der Waals surface area (Å²) in [5, 5.41) is 13.0. The molecule has 2 N–H and O–H groups in total. The molecule has 4 aromatic rings. The van der Waals surface area contributed by atoms with Gasteiger partial charge in [-0.25, -0.2) is 4.98 Å². The van der Waals surface area contributed by atoms with Crippen LogP contribution in [0.4, 0.5) is 5.69 Å². The van der Waals surface area contributed by atoms with E-state index in [9.17, 15) is 9.59 Å². The van der Waals surface area contributed by atoms with E-state index >= 15 is 0 Å². The Morgan fingerprint density at radius 1 is 1.00 bits per heavy atom. The van der Waals surface area contributed by atoms with Crippen LogP contribution < -0.4 is 5.32 Å². The van der Waals surface area contributed by atoms with Crippen LogP contribution in [0, 0.1) is 0 Å². The summed E-state index contributed by atoms with van der Waals surface area (Å²) in [6.45, 7) is 0. The van der Waals surface area contributed by atoms with Crippen molar-refractivity contribution in [2.45, 2.75) is 6.42 Å². The Labute approximate surface area is 203 Å². The molecule has 9 heteroatoms. The summed E-state index contributed by atoms with van der Waals surface area (Å²) < 4.78 is 5.76. The van der Waals surface area contributed by atoms with Gasteiger partial charge in [-0.15, -0.1) is 0 Å². The average Bonchev–Trinajstić information content (AvgIpc) is 3.15. The summed E-state index contributed by atoms with van der Waals surface area (Å²) >= 11 is 18.4. The van der Waals surface area contributed by atoms with Crippen molar-refractivity contribution in [3.8, 4) is 11.5 Å². The van der Waals surface area contributed by atoms with Crippen molar-refractivity contribution in [2.24, 2.45) is 0 Å². The fourth-order valence-corrected chi connectivity index (χ4v) is 3.86. The Kier molecular flexibility index (Phi) is 6.70. The number of carboxylic acid groups (broad SMARTS) is 1. The number of aromatic nitrogens is 1. The number of fused-ring (bicyclic) bond motifs is 1. The van der Waals surface area contributed by atoms with Gasteiger partial charge in [-0.1, -0.05) is 46.9 Å². The molecule has 166 valence electrons. The number of aliphatic carboxylic acids is 1. The molecule has 4 rings (SSSR count). The van der Waals surface area contributed by atoms with Crippen molar-refractivity contribution < 1.29 is 19.1 Å². The first-order valence-corrected chi connectivity index (χ1v) is 10.8. The molecule has 1 heterocycles. The van der Waals surface area contributed by atoms with Gasteiger partial charge in [0.15, 0.2) is 5.58 Å². The number of nitrogens with zero attached hydrogens (tertiary/aromatic N) is 1. The van der Waals surface area contributed by atoms with Gasteiger partial charge >= 0.3 is 5.97 Å².